The van der Waals surface area contributed by atoms with Crippen LogP contribution in [0.15, 0.2) is 0 Å². The number of hydrogen-bond donors (Lipinski definition) is 3. The van der Waals surface area contributed by atoms with Gasteiger partial charge in [0.2, 0.25) is 0 Å². The van der Waals surface area contributed by atoms with Gasteiger partial charge < -0.3 is 16.8 Å². The Labute approximate surface area is 122 Å². The van der Waals surface area contributed by atoms with Gasteiger partial charge in [-0.25, -0.2) is 0 Å². The summed E-state index contributed by atoms with van der Waals surface area (Å²) in [5.41, 5.74) is 11.1. The summed E-state index contributed by atoms with van der Waals surface area (Å²) in [5, 5.41) is 12.4. The largest absolute Gasteiger partial charge is 0.329 e. The summed E-state index contributed by atoms with van der Waals surface area (Å²) in [7, 11) is 0. The van der Waals surface area contributed by atoms with Gasteiger partial charge in [0.1, 0.15) is 5.54 Å². The highest BCUT2D eigenvalue weighted by molar-refractivity contribution is 5.19. The molecule has 0 aromatic heterocycles. The molecule has 0 heterocycles. The van der Waals surface area contributed by atoms with Gasteiger partial charge in [-0.1, -0.05) is 0 Å². The maximum absolute atomic E-state index is 8.83. The smallest absolute Gasteiger partial charge is 0.109 e. The molecule has 0 spiro atoms. The molecule has 4 heteroatoms. The monoisotopic (exact) mass is 276 g/mol. The minimum Gasteiger partial charge on any atom is -0.329 e. The second-order valence-corrected chi connectivity index (χ2v) is 7.21. The van der Waals surface area contributed by atoms with Crippen LogP contribution in [0.5, 0.6) is 0 Å². The fourth-order valence-electron chi connectivity index (χ4n) is 3.09. The van der Waals surface area contributed by atoms with Crippen molar-refractivity contribution < 1.29 is 0 Å². The van der Waals surface area contributed by atoms with Crippen LogP contribution in [0.25, 0.3) is 0 Å². The molecule has 0 amide bonds. The first-order valence-corrected chi connectivity index (χ1v) is 8.33. The lowest BCUT2D eigenvalue weighted by Gasteiger charge is -2.19. The zero-order valence-corrected chi connectivity index (χ0v) is 12.4. The number of nitriles is 1. The lowest BCUT2D eigenvalue weighted by Crippen LogP contribution is -2.42. The minimum absolute atomic E-state index is 0.431. The van der Waals surface area contributed by atoms with Crippen molar-refractivity contribution in [2.45, 2.75) is 69.0 Å². The van der Waals surface area contributed by atoms with E-state index in [1.807, 2.05) is 0 Å². The number of nitrogens with one attached hydrogen (secondary N) is 1. The summed E-state index contributed by atoms with van der Waals surface area (Å²) in [6.07, 6.45) is 10.3. The highest BCUT2D eigenvalue weighted by Crippen LogP contribution is 2.50. The second kappa shape index (κ2) is 5.63. The highest BCUT2D eigenvalue weighted by atomic mass is 15.0. The Bertz CT molecular complexity index is 360. The van der Waals surface area contributed by atoms with Gasteiger partial charge in [-0.05, 0) is 69.1 Å². The minimum atomic E-state index is -0.431. The van der Waals surface area contributed by atoms with Gasteiger partial charge in [-0.3, -0.25) is 0 Å². The Morgan fingerprint density at radius 1 is 1.05 bits per heavy atom. The normalized spacial score (nSPS) is 27.2. The molecule has 4 aliphatic carbocycles. The van der Waals surface area contributed by atoms with Gasteiger partial charge in [-0.15, -0.1) is 0 Å². The number of nitrogens with two attached hydrogens (primary N) is 2. The number of nitrogens with zero attached hydrogens (tertiary/aromatic N) is 1. The first-order valence-electron chi connectivity index (χ1n) is 8.33. The third kappa shape index (κ3) is 3.52. The van der Waals surface area contributed by atoms with Crippen LogP contribution in [0.3, 0.4) is 0 Å². The van der Waals surface area contributed by atoms with E-state index in [0.717, 1.165) is 18.5 Å². The molecule has 4 nitrogen and oxygen atoms in total. The van der Waals surface area contributed by atoms with Crippen molar-refractivity contribution in [3.63, 3.8) is 0 Å². The maximum Gasteiger partial charge on any atom is 0.109 e. The summed E-state index contributed by atoms with van der Waals surface area (Å²) >= 11 is 0. The van der Waals surface area contributed by atoms with E-state index in [0.29, 0.717) is 17.9 Å². The SMILES string of the molecule is N#CC(N)(C1CC1)C1CC1.NCC(NC1CC1)C1CC1. The summed E-state index contributed by atoms with van der Waals surface area (Å²) in [4.78, 5) is 0. The van der Waals surface area contributed by atoms with Crippen molar-refractivity contribution in [2.75, 3.05) is 6.54 Å². The van der Waals surface area contributed by atoms with Crippen LogP contribution in [-0.2, 0) is 0 Å². The van der Waals surface area contributed by atoms with Crippen LogP contribution in [0.1, 0.15) is 51.4 Å². The summed E-state index contributed by atoms with van der Waals surface area (Å²) in [5.74, 6) is 1.99. The van der Waals surface area contributed by atoms with Crippen LogP contribution in [-0.4, -0.2) is 24.2 Å². The molecular formula is C16H28N4. The molecule has 4 rings (SSSR count). The van der Waals surface area contributed by atoms with Crippen LogP contribution in [0, 0.1) is 29.1 Å². The first-order chi connectivity index (χ1) is 9.67. The van der Waals surface area contributed by atoms with Gasteiger partial charge in [0.15, 0.2) is 0 Å². The van der Waals surface area contributed by atoms with E-state index in [2.05, 4.69) is 11.4 Å². The molecular weight excluding hydrogens is 248 g/mol. The van der Waals surface area contributed by atoms with Crippen molar-refractivity contribution in [2.24, 2.45) is 29.2 Å². The maximum atomic E-state index is 8.83. The van der Waals surface area contributed by atoms with Crippen LogP contribution in [0.2, 0.25) is 0 Å². The Morgan fingerprint density at radius 3 is 1.90 bits per heavy atom. The molecule has 0 aromatic rings. The predicted octanol–water partition coefficient (Wildman–Crippen LogP) is 1.50. The molecule has 0 bridgehead atoms. The van der Waals surface area contributed by atoms with Crippen molar-refractivity contribution in [1.82, 2.24) is 5.32 Å². The molecule has 0 radical (unpaired) electrons. The summed E-state index contributed by atoms with van der Waals surface area (Å²) < 4.78 is 0. The summed E-state index contributed by atoms with van der Waals surface area (Å²) in [6, 6.07) is 3.75. The Morgan fingerprint density at radius 2 is 1.60 bits per heavy atom. The van der Waals surface area contributed by atoms with Crippen molar-refractivity contribution in [1.29, 1.82) is 5.26 Å². The fourth-order valence-corrected chi connectivity index (χ4v) is 3.09. The molecule has 4 aliphatic rings. The van der Waals surface area contributed by atoms with Gasteiger partial charge in [-0.2, -0.15) is 5.26 Å². The Balaban J connectivity index is 0.000000121. The van der Waals surface area contributed by atoms with Crippen LogP contribution >= 0.6 is 0 Å². The standard InChI is InChI=1S/C8H16N2.C8H12N2/c9-5-8(6-1-2-6)10-7-3-4-7;9-5-8(10,6-1-2-6)7-3-4-7/h6-8,10H,1-5,9H2;6-7H,1-4,10H2. The van der Waals surface area contributed by atoms with Gasteiger partial charge >= 0.3 is 0 Å². The summed E-state index contributed by atoms with van der Waals surface area (Å²) in [6.45, 7) is 0.834. The number of hydrogen-bond acceptors (Lipinski definition) is 4. The average Bonchev–Trinajstić information content (AvgIpc) is 3.29. The van der Waals surface area contributed by atoms with Crippen molar-refractivity contribution in [3.05, 3.63) is 0 Å². The zero-order chi connectivity index (χ0) is 14.2. The van der Waals surface area contributed by atoms with Crippen LogP contribution < -0.4 is 16.8 Å². The van der Waals surface area contributed by atoms with Gasteiger partial charge in [0, 0.05) is 18.6 Å². The highest BCUT2D eigenvalue weighted by Gasteiger charge is 2.52. The van der Waals surface area contributed by atoms with Crippen molar-refractivity contribution in [3.8, 4) is 6.07 Å². The lowest BCUT2D eigenvalue weighted by atomic mass is 9.91. The van der Waals surface area contributed by atoms with E-state index in [1.54, 1.807) is 0 Å². The quantitative estimate of drug-likeness (QED) is 0.686. The average molecular weight is 276 g/mol. The van der Waals surface area contributed by atoms with E-state index in [4.69, 9.17) is 16.7 Å². The lowest BCUT2D eigenvalue weighted by molar-refractivity contribution is 0.418. The Hall–Kier alpha value is -0.630. The molecule has 4 fully saturated rings. The van der Waals surface area contributed by atoms with Gasteiger partial charge in [0.25, 0.3) is 0 Å². The molecule has 1 atom stereocenters. The van der Waals surface area contributed by atoms with E-state index in [1.165, 1.54) is 51.4 Å². The molecule has 4 saturated carbocycles. The van der Waals surface area contributed by atoms with Crippen LogP contribution in [0.4, 0.5) is 0 Å². The van der Waals surface area contributed by atoms with Crippen molar-refractivity contribution >= 4 is 0 Å². The van der Waals surface area contributed by atoms with E-state index in [-0.39, 0.29) is 0 Å². The molecule has 112 valence electrons. The van der Waals surface area contributed by atoms with E-state index >= 15 is 0 Å². The zero-order valence-electron chi connectivity index (χ0n) is 12.4. The molecule has 0 saturated heterocycles. The molecule has 5 N–H and O–H groups in total. The van der Waals surface area contributed by atoms with Gasteiger partial charge in [0.05, 0.1) is 6.07 Å². The van der Waals surface area contributed by atoms with E-state index in [9.17, 15) is 0 Å². The predicted molar refractivity (Wildman–Crippen MR) is 79.7 cm³/mol. The molecule has 20 heavy (non-hydrogen) atoms. The Kier molecular flexibility index (Phi) is 4.03. The topological polar surface area (TPSA) is 87.9 Å². The second-order valence-electron chi connectivity index (χ2n) is 7.21. The third-order valence-electron chi connectivity index (χ3n) is 5.17. The molecule has 0 aromatic carbocycles. The third-order valence-corrected chi connectivity index (χ3v) is 5.17. The molecule has 1 unspecified atom stereocenters. The first kappa shape index (κ1) is 14.3. The molecule has 0 aliphatic heterocycles. The van der Waals surface area contributed by atoms with E-state index < -0.39 is 5.54 Å². The number of rotatable bonds is 6. The fraction of sp³-hybridized carbons (Fsp3) is 0.938.